The van der Waals surface area contributed by atoms with Crippen LogP contribution in [0.5, 0.6) is 0 Å². The van der Waals surface area contributed by atoms with Gasteiger partial charge in [0.15, 0.2) is 10.7 Å². The molecule has 0 N–H and O–H groups in total. The highest BCUT2D eigenvalue weighted by Gasteiger charge is 2.08. The van der Waals surface area contributed by atoms with Gasteiger partial charge in [-0.2, -0.15) is 0 Å². The van der Waals surface area contributed by atoms with Gasteiger partial charge in [0.05, 0.1) is 0 Å². The average Bonchev–Trinajstić information content (AvgIpc) is 2.52. The van der Waals surface area contributed by atoms with Gasteiger partial charge in [-0.15, -0.1) is 11.3 Å². The molecule has 0 aliphatic heterocycles. The number of thiazole rings is 1. The van der Waals surface area contributed by atoms with Gasteiger partial charge < -0.3 is 0 Å². The van der Waals surface area contributed by atoms with E-state index in [1.54, 1.807) is 11.6 Å². The smallest absolute Gasteiger partial charge is 0.269 e. The highest BCUT2D eigenvalue weighted by atomic mass is 32.1. The first kappa shape index (κ1) is 8.12. The molecule has 0 unspecified atom stereocenters. The van der Waals surface area contributed by atoms with E-state index in [1.807, 2.05) is 0 Å². The number of carbonyl (C=O) groups is 1. The molecule has 13 heavy (non-hydrogen) atoms. The molecule has 2 heterocycles. The molecule has 0 bridgehead atoms. The molecule has 0 aliphatic rings. The molecule has 2 rings (SSSR count). The lowest BCUT2D eigenvalue weighted by Crippen LogP contribution is -2.19. The van der Waals surface area contributed by atoms with Crippen molar-refractivity contribution in [3.63, 3.8) is 0 Å². The number of rotatable bonds is 1. The van der Waals surface area contributed by atoms with Crippen molar-refractivity contribution in [2.75, 3.05) is 0 Å². The summed E-state index contributed by atoms with van der Waals surface area (Å²) in [6.07, 6.45) is 2.94. The Balaban J connectivity index is 2.89. The van der Waals surface area contributed by atoms with E-state index in [0.29, 0.717) is 4.96 Å². The van der Waals surface area contributed by atoms with Crippen LogP contribution in [0.25, 0.3) is 4.96 Å². The molecule has 0 aromatic carbocycles. The zero-order chi connectivity index (χ0) is 9.42. The van der Waals surface area contributed by atoms with Gasteiger partial charge in [0.1, 0.15) is 5.56 Å². The molecule has 5 heteroatoms. The molecule has 66 valence electrons. The Bertz CT molecular complexity index is 526. The van der Waals surface area contributed by atoms with E-state index in [9.17, 15) is 9.59 Å². The van der Waals surface area contributed by atoms with Crippen LogP contribution in [0, 0.1) is 0 Å². The molecule has 0 fully saturated rings. The molecule has 0 saturated heterocycles. The topological polar surface area (TPSA) is 51.4 Å². The third-order valence-corrected chi connectivity index (χ3v) is 2.49. The second-order valence-electron chi connectivity index (χ2n) is 2.59. The standard InChI is InChI=1S/C8H6N2O2S/c1-5(11)6-4-9-8-10(7(6)12)2-3-13-8/h2-4H,1H3. The van der Waals surface area contributed by atoms with Crippen molar-refractivity contribution in [3.8, 4) is 0 Å². The summed E-state index contributed by atoms with van der Waals surface area (Å²) in [6.45, 7) is 1.36. The fourth-order valence-corrected chi connectivity index (χ4v) is 1.74. The van der Waals surface area contributed by atoms with Gasteiger partial charge in [-0.1, -0.05) is 0 Å². The fraction of sp³-hybridized carbons (Fsp3) is 0.125. The Morgan fingerprint density at radius 1 is 1.62 bits per heavy atom. The average molecular weight is 194 g/mol. The minimum atomic E-state index is -0.293. The summed E-state index contributed by atoms with van der Waals surface area (Å²) >= 11 is 1.36. The van der Waals surface area contributed by atoms with Gasteiger partial charge >= 0.3 is 0 Å². The molecule has 0 amide bonds. The van der Waals surface area contributed by atoms with E-state index in [-0.39, 0.29) is 16.9 Å². The number of Topliss-reactive ketones (excluding diaryl/α,β-unsaturated/α-hetero) is 1. The number of fused-ring (bicyclic) bond motifs is 1. The van der Waals surface area contributed by atoms with Crippen molar-refractivity contribution < 1.29 is 4.79 Å². The van der Waals surface area contributed by atoms with Crippen LogP contribution in [0.15, 0.2) is 22.6 Å². The van der Waals surface area contributed by atoms with Crippen molar-refractivity contribution in [3.05, 3.63) is 33.7 Å². The second-order valence-corrected chi connectivity index (χ2v) is 3.46. The van der Waals surface area contributed by atoms with E-state index >= 15 is 0 Å². The lowest BCUT2D eigenvalue weighted by atomic mass is 10.2. The summed E-state index contributed by atoms with van der Waals surface area (Å²) in [5.41, 5.74) is -0.158. The normalized spacial score (nSPS) is 10.5. The van der Waals surface area contributed by atoms with Crippen molar-refractivity contribution in [1.82, 2.24) is 9.38 Å². The third kappa shape index (κ3) is 1.17. The van der Waals surface area contributed by atoms with E-state index in [4.69, 9.17) is 0 Å². The summed E-state index contributed by atoms with van der Waals surface area (Å²) in [7, 11) is 0. The molecule has 0 aliphatic carbocycles. The molecule has 2 aromatic rings. The number of carbonyl (C=O) groups excluding carboxylic acids is 1. The van der Waals surface area contributed by atoms with Gasteiger partial charge in [0.25, 0.3) is 5.56 Å². The molecule has 0 saturated carbocycles. The van der Waals surface area contributed by atoms with Gasteiger partial charge in [-0.05, 0) is 6.92 Å². The largest absolute Gasteiger partial charge is 0.294 e. The zero-order valence-corrected chi connectivity index (χ0v) is 7.67. The quantitative estimate of drug-likeness (QED) is 0.635. The predicted octanol–water partition coefficient (Wildman–Crippen LogP) is 0.959. The van der Waals surface area contributed by atoms with Crippen molar-refractivity contribution in [1.29, 1.82) is 0 Å². The second kappa shape index (κ2) is 2.77. The number of aromatic nitrogens is 2. The Morgan fingerprint density at radius 2 is 2.38 bits per heavy atom. The van der Waals surface area contributed by atoms with E-state index in [0.717, 1.165) is 0 Å². The van der Waals surface area contributed by atoms with Gasteiger partial charge in [-0.25, -0.2) is 4.98 Å². The van der Waals surface area contributed by atoms with Gasteiger partial charge in [-0.3, -0.25) is 14.0 Å². The summed E-state index contributed by atoms with van der Waals surface area (Å²) in [5.74, 6) is -0.252. The molecular weight excluding hydrogens is 188 g/mol. The van der Waals surface area contributed by atoms with Crippen LogP contribution >= 0.6 is 11.3 Å². The number of ketones is 1. The maximum atomic E-state index is 11.5. The van der Waals surface area contributed by atoms with Gasteiger partial charge in [0.2, 0.25) is 0 Å². The van der Waals surface area contributed by atoms with Crippen LogP contribution in [-0.4, -0.2) is 15.2 Å². The third-order valence-electron chi connectivity index (χ3n) is 1.72. The fourth-order valence-electron chi connectivity index (χ4n) is 1.07. The van der Waals surface area contributed by atoms with Crippen LogP contribution in [0.1, 0.15) is 17.3 Å². The summed E-state index contributed by atoms with van der Waals surface area (Å²) in [4.78, 5) is 27.1. The first-order valence-corrected chi connectivity index (χ1v) is 4.54. The van der Waals surface area contributed by atoms with Crippen molar-refractivity contribution >= 4 is 22.1 Å². The molecule has 4 nitrogen and oxygen atoms in total. The number of hydrogen-bond donors (Lipinski definition) is 0. The van der Waals surface area contributed by atoms with Crippen LogP contribution in [0.4, 0.5) is 0 Å². The maximum absolute atomic E-state index is 11.5. The van der Waals surface area contributed by atoms with E-state index in [2.05, 4.69) is 4.98 Å². The zero-order valence-electron chi connectivity index (χ0n) is 6.85. The Hall–Kier alpha value is -1.49. The maximum Gasteiger partial charge on any atom is 0.269 e. The predicted molar refractivity (Wildman–Crippen MR) is 49.3 cm³/mol. The lowest BCUT2D eigenvalue weighted by Gasteiger charge is -1.94. The van der Waals surface area contributed by atoms with Crippen LogP contribution in [0.3, 0.4) is 0 Å². The Morgan fingerprint density at radius 3 is 3.08 bits per heavy atom. The SMILES string of the molecule is CC(=O)c1cnc2sccn2c1=O. The lowest BCUT2D eigenvalue weighted by molar-refractivity contribution is 0.101. The minimum absolute atomic E-state index is 0.135. The van der Waals surface area contributed by atoms with Crippen molar-refractivity contribution in [2.24, 2.45) is 0 Å². The van der Waals surface area contributed by atoms with Crippen molar-refractivity contribution in [2.45, 2.75) is 6.92 Å². The molecule has 2 aromatic heterocycles. The molecule has 0 atom stereocenters. The highest BCUT2D eigenvalue weighted by molar-refractivity contribution is 7.15. The first-order valence-electron chi connectivity index (χ1n) is 3.66. The van der Waals surface area contributed by atoms with E-state index < -0.39 is 0 Å². The summed E-state index contributed by atoms with van der Waals surface area (Å²) < 4.78 is 1.38. The minimum Gasteiger partial charge on any atom is -0.294 e. The molecular formula is C8H6N2O2S. The first-order chi connectivity index (χ1) is 6.20. The Kier molecular flexibility index (Phi) is 1.73. The Labute approximate surface area is 77.5 Å². The number of nitrogens with zero attached hydrogens (tertiary/aromatic N) is 2. The van der Waals surface area contributed by atoms with Crippen LogP contribution in [0.2, 0.25) is 0 Å². The monoisotopic (exact) mass is 194 g/mol. The summed E-state index contributed by atoms with van der Waals surface area (Å²) in [5, 5.41) is 1.76. The van der Waals surface area contributed by atoms with Gasteiger partial charge in [0, 0.05) is 17.8 Å². The van der Waals surface area contributed by atoms with Crippen LogP contribution < -0.4 is 5.56 Å². The molecule has 0 spiro atoms. The van der Waals surface area contributed by atoms with Crippen LogP contribution in [-0.2, 0) is 0 Å². The number of hydrogen-bond acceptors (Lipinski definition) is 4. The van der Waals surface area contributed by atoms with E-state index in [1.165, 1.54) is 28.9 Å². The summed E-state index contributed by atoms with van der Waals surface area (Å²) in [6, 6.07) is 0. The molecule has 0 radical (unpaired) electrons. The highest BCUT2D eigenvalue weighted by Crippen LogP contribution is 2.05.